The topological polar surface area (TPSA) is 86.5 Å². The molecular formula is C19H20ClF4N3O4. The van der Waals surface area contributed by atoms with Crippen molar-refractivity contribution in [1.29, 1.82) is 0 Å². The van der Waals surface area contributed by atoms with Crippen LogP contribution in [0, 0.1) is 5.82 Å². The molecule has 12 heteroatoms. The lowest BCUT2D eigenvalue weighted by molar-refractivity contribution is -0.311. The highest BCUT2D eigenvalue weighted by atomic mass is 35.5. The number of methoxy groups -OCH3 is 1. The van der Waals surface area contributed by atoms with E-state index in [0.29, 0.717) is 43.3 Å². The number of nitrogens with one attached hydrogen (secondary N) is 1. The summed E-state index contributed by atoms with van der Waals surface area (Å²) in [5, 5.41) is 10.6. The third kappa shape index (κ3) is 8.93. The molecule has 1 aliphatic rings. The van der Waals surface area contributed by atoms with Gasteiger partial charge in [-0.05, 0) is 31.4 Å². The third-order valence-electron chi connectivity index (χ3n) is 3.91. The SMILES string of the molecule is C=C(CCNC(=O)COc1ccc(Cl)c(F)c1)c1nnc(C2CC2)o1.COC(F)(F)F. The summed E-state index contributed by atoms with van der Waals surface area (Å²) >= 11 is 5.58. The van der Waals surface area contributed by atoms with Crippen LogP contribution in [0.2, 0.25) is 5.02 Å². The van der Waals surface area contributed by atoms with Crippen LogP contribution in [-0.4, -0.2) is 42.7 Å². The van der Waals surface area contributed by atoms with Gasteiger partial charge >= 0.3 is 6.36 Å². The molecule has 1 N–H and O–H groups in total. The Morgan fingerprint density at radius 1 is 1.35 bits per heavy atom. The first-order chi connectivity index (χ1) is 14.6. The lowest BCUT2D eigenvalue weighted by Crippen LogP contribution is -2.29. The largest absolute Gasteiger partial charge is 0.522 e. The highest BCUT2D eigenvalue weighted by molar-refractivity contribution is 6.30. The Morgan fingerprint density at radius 2 is 2.03 bits per heavy atom. The number of rotatable bonds is 8. The molecule has 31 heavy (non-hydrogen) atoms. The van der Waals surface area contributed by atoms with Crippen molar-refractivity contribution >= 4 is 23.1 Å². The lowest BCUT2D eigenvalue weighted by atomic mass is 10.2. The van der Waals surface area contributed by atoms with Gasteiger partial charge in [-0.2, -0.15) is 0 Å². The first kappa shape index (κ1) is 24.6. The molecule has 1 heterocycles. The molecule has 1 fully saturated rings. The quantitative estimate of drug-likeness (QED) is 0.578. The van der Waals surface area contributed by atoms with E-state index < -0.39 is 12.2 Å². The highest BCUT2D eigenvalue weighted by Crippen LogP contribution is 2.39. The zero-order valence-electron chi connectivity index (χ0n) is 16.5. The number of halogens is 5. The van der Waals surface area contributed by atoms with E-state index in [9.17, 15) is 22.4 Å². The Bertz CT molecular complexity index is 901. The number of hydrogen-bond acceptors (Lipinski definition) is 6. The smallest absolute Gasteiger partial charge is 0.484 e. The minimum Gasteiger partial charge on any atom is -0.484 e. The number of amides is 1. The molecule has 1 saturated carbocycles. The second kappa shape index (κ2) is 11.1. The average Bonchev–Trinajstić information content (AvgIpc) is 3.45. The van der Waals surface area contributed by atoms with Crippen LogP contribution >= 0.6 is 11.6 Å². The average molecular weight is 466 g/mol. The van der Waals surface area contributed by atoms with Crippen LogP contribution in [0.3, 0.4) is 0 Å². The van der Waals surface area contributed by atoms with E-state index in [-0.39, 0.29) is 23.3 Å². The van der Waals surface area contributed by atoms with Crippen molar-refractivity contribution in [2.75, 3.05) is 20.3 Å². The van der Waals surface area contributed by atoms with Crippen molar-refractivity contribution in [3.63, 3.8) is 0 Å². The summed E-state index contributed by atoms with van der Waals surface area (Å²) in [5.41, 5.74) is 0.667. The molecule has 0 unspecified atom stereocenters. The number of ether oxygens (including phenoxy) is 2. The standard InChI is InChI=1S/C17H17ClFN3O3.C2H3F3O/c1-10(16-21-22-17(25-16)11-2-3-11)6-7-20-15(23)9-24-12-4-5-13(18)14(19)8-12;1-6-2(3,4)5/h4-5,8,11H,1-3,6-7,9H2,(H,20,23);1H3. The van der Waals surface area contributed by atoms with E-state index in [4.69, 9.17) is 20.8 Å². The Balaban J connectivity index is 0.000000501. The van der Waals surface area contributed by atoms with Crippen LogP contribution in [-0.2, 0) is 9.53 Å². The van der Waals surface area contributed by atoms with Crippen molar-refractivity contribution in [2.24, 2.45) is 0 Å². The summed E-state index contributed by atoms with van der Waals surface area (Å²) in [6, 6.07) is 3.99. The number of nitrogens with zero attached hydrogens (tertiary/aromatic N) is 2. The minimum atomic E-state index is -4.46. The van der Waals surface area contributed by atoms with Gasteiger partial charge in [0.2, 0.25) is 11.8 Å². The van der Waals surface area contributed by atoms with Crippen LogP contribution in [0.4, 0.5) is 17.6 Å². The number of alkyl halides is 3. The van der Waals surface area contributed by atoms with E-state index in [1.54, 1.807) is 0 Å². The van der Waals surface area contributed by atoms with Crippen LogP contribution in [0.15, 0.2) is 29.2 Å². The molecule has 0 spiro atoms. The van der Waals surface area contributed by atoms with Crippen molar-refractivity contribution in [3.8, 4) is 5.75 Å². The minimum absolute atomic E-state index is 0.00109. The Kier molecular flexibility index (Phi) is 8.81. The van der Waals surface area contributed by atoms with Gasteiger partial charge in [0.15, 0.2) is 6.61 Å². The molecule has 0 aliphatic heterocycles. The van der Waals surface area contributed by atoms with E-state index in [2.05, 4.69) is 26.8 Å². The summed E-state index contributed by atoms with van der Waals surface area (Å²) in [6.07, 6.45) is -1.81. The van der Waals surface area contributed by atoms with Crippen molar-refractivity contribution in [1.82, 2.24) is 15.5 Å². The highest BCUT2D eigenvalue weighted by Gasteiger charge is 2.29. The predicted octanol–water partition coefficient (Wildman–Crippen LogP) is 4.49. The van der Waals surface area contributed by atoms with Crippen molar-refractivity contribution in [3.05, 3.63) is 47.4 Å². The van der Waals surface area contributed by atoms with E-state index >= 15 is 0 Å². The van der Waals surface area contributed by atoms with E-state index in [0.717, 1.165) is 18.9 Å². The summed E-state index contributed by atoms with van der Waals surface area (Å²) in [6.45, 7) is 4.03. The number of aromatic nitrogens is 2. The van der Waals surface area contributed by atoms with Crippen LogP contribution in [0.25, 0.3) is 5.57 Å². The molecule has 0 atom stereocenters. The van der Waals surface area contributed by atoms with Gasteiger partial charge in [0.25, 0.3) is 5.91 Å². The van der Waals surface area contributed by atoms with Crippen molar-refractivity contribution < 1.29 is 36.2 Å². The summed E-state index contributed by atoms with van der Waals surface area (Å²) in [4.78, 5) is 11.8. The van der Waals surface area contributed by atoms with Crippen LogP contribution in [0.5, 0.6) is 5.75 Å². The molecule has 170 valence electrons. The van der Waals surface area contributed by atoms with Gasteiger partial charge in [0, 0.05) is 31.2 Å². The van der Waals surface area contributed by atoms with E-state index in [1.165, 1.54) is 12.1 Å². The summed E-state index contributed by atoms with van der Waals surface area (Å²) < 4.78 is 58.7. The van der Waals surface area contributed by atoms with Gasteiger partial charge in [0.05, 0.1) is 5.02 Å². The molecule has 7 nitrogen and oxygen atoms in total. The normalized spacial score (nSPS) is 13.2. The van der Waals surface area contributed by atoms with Gasteiger partial charge < -0.3 is 14.5 Å². The molecule has 0 bridgehead atoms. The number of hydrogen-bond donors (Lipinski definition) is 1. The Morgan fingerprint density at radius 3 is 2.61 bits per heavy atom. The maximum atomic E-state index is 13.3. The molecule has 2 aromatic rings. The Labute approximate surface area is 180 Å². The number of carbonyl (C=O) groups is 1. The fourth-order valence-corrected chi connectivity index (χ4v) is 2.22. The lowest BCUT2D eigenvalue weighted by Gasteiger charge is -2.08. The van der Waals surface area contributed by atoms with Crippen LogP contribution in [0.1, 0.15) is 37.0 Å². The molecule has 1 aliphatic carbocycles. The molecule has 3 rings (SSSR count). The molecule has 1 aromatic carbocycles. The first-order valence-electron chi connectivity index (χ1n) is 9.07. The van der Waals surface area contributed by atoms with Crippen molar-refractivity contribution in [2.45, 2.75) is 31.5 Å². The van der Waals surface area contributed by atoms with Gasteiger partial charge in [-0.25, -0.2) is 4.39 Å². The van der Waals surface area contributed by atoms with Gasteiger partial charge in [-0.15, -0.1) is 23.4 Å². The molecular weight excluding hydrogens is 446 g/mol. The third-order valence-corrected chi connectivity index (χ3v) is 4.22. The molecule has 0 radical (unpaired) electrons. The monoisotopic (exact) mass is 465 g/mol. The molecule has 0 saturated heterocycles. The second-order valence-electron chi connectivity index (χ2n) is 6.44. The second-order valence-corrected chi connectivity index (χ2v) is 6.84. The Hall–Kier alpha value is -2.66. The fourth-order valence-electron chi connectivity index (χ4n) is 2.10. The van der Waals surface area contributed by atoms with Gasteiger partial charge in [-0.3, -0.25) is 9.53 Å². The first-order valence-corrected chi connectivity index (χ1v) is 9.45. The zero-order chi connectivity index (χ0) is 23.0. The molecule has 1 aromatic heterocycles. The maximum absolute atomic E-state index is 13.3. The van der Waals surface area contributed by atoms with Crippen LogP contribution < -0.4 is 10.1 Å². The van der Waals surface area contributed by atoms with Gasteiger partial charge in [-0.1, -0.05) is 18.2 Å². The predicted molar refractivity (Wildman–Crippen MR) is 103 cm³/mol. The fraction of sp³-hybridized carbons (Fsp3) is 0.421. The number of benzene rings is 1. The zero-order valence-corrected chi connectivity index (χ0v) is 17.2. The molecule has 1 amide bonds. The van der Waals surface area contributed by atoms with E-state index in [1.807, 2.05) is 0 Å². The summed E-state index contributed by atoms with van der Waals surface area (Å²) in [5.74, 6) is 0.768. The number of carbonyl (C=O) groups excluding carboxylic acids is 1. The van der Waals surface area contributed by atoms with Gasteiger partial charge in [0.1, 0.15) is 11.6 Å². The maximum Gasteiger partial charge on any atom is 0.522 e. The summed E-state index contributed by atoms with van der Waals surface area (Å²) in [7, 11) is 0.583.